The molecule has 0 saturated carbocycles. The van der Waals surface area contributed by atoms with E-state index in [9.17, 15) is 9.59 Å². The third-order valence-electron chi connectivity index (χ3n) is 5.55. The summed E-state index contributed by atoms with van der Waals surface area (Å²) in [6.07, 6.45) is 1.45. The number of halogens is 1. The Balaban J connectivity index is 1.73. The van der Waals surface area contributed by atoms with Gasteiger partial charge in [0.25, 0.3) is 11.8 Å². The van der Waals surface area contributed by atoms with Gasteiger partial charge in [-0.05, 0) is 56.2 Å². The van der Waals surface area contributed by atoms with E-state index in [-0.39, 0.29) is 5.56 Å². The molecule has 1 aliphatic rings. The van der Waals surface area contributed by atoms with Gasteiger partial charge in [-0.3, -0.25) is 9.59 Å². The van der Waals surface area contributed by atoms with E-state index in [1.165, 1.54) is 11.8 Å². The molecule has 2 aromatic carbocycles. The minimum atomic E-state index is -0.434. The Hall–Kier alpha value is -3.51. The summed E-state index contributed by atoms with van der Waals surface area (Å²) in [5.41, 5.74) is 5.27. The summed E-state index contributed by atoms with van der Waals surface area (Å²) in [4.78, 5) is 32.0. The molecule has 148 valence electrons. The number of hydrogen-bond acceptors (Lipinski definition) is 4. The lowest BCUT2D eigenvalue weighted by molar-refractivity contribution is 0.0926. The predicted octanol–water partition coefficient (Wildman–Crippen LogP) is 4.80. The highest BCUT2D eigenvalue weighted by atomic mass is 35.5. The number of imide groups is 1. The Morgan fingerprint density at radius 2 is 1.70 bits per heavy atom. The highest BCUT2D eigenvalue weighted by molar-refractivity contribution is 6.41. The molecule has 0 saturated heterocycles. The highest BCUT2D eigenvalue weighted by Crippen LogP contribution is 2.37. The Morgan fingerprint density at radius 1 is 0.933 bits per heavy atom. The lowest BCUT2D eigenvalue weighted by Crippen LogP contribution is -2.29. The fourth-order valence-electron chi connectivity index (χ4n) is 3.85. The topological polar surface area (TPSA) is 68.1 Å². The van der Waals surface area contributed by atoms with E-state index in [1.807, 2.05) is 39.0 Å². The highest BCUT2D eigenvalue weighted by Gasteiger charge is 2.40. The normalized spacial score (nSPS) is 13.4. The number of carbonyl (C=O) groups is 2. The quantitative estimate of drug-likeness (QED) is 0.440. The van der Waals surface area contributed by atoms with Crippen LogP contribution in [0.5, 0.6) is 0 Å². The Kier molecular flexibility index (Phi) is 4.01. The van der Waals surface area contributed by atoms with Gasteiger partial charge >= 0.3 is 0 Å². The van der Waals surface area contributed by atoms with Crippen LogP contribution in [0.15, 0.2) is 48.7 Å². The molecule has 0 N–H and O–H groups in total. The molecule has 4 aromatic rings. The standard InChI is InChI=1S/C23H17ClN4O2/c1-12-8-9-15(10-13(12)2)28-21-19(14(3)26-28)20-16(11-25-21)22(29)27(23(20)30)18-7-5-4-6-17(18)24/h4-11H,1-3H3. The van der Waals surface area contributed by atoms with Crippen molar-refractivity contribution in [3.8, 4) is 5.69 Å². The zero-order valence-corrected chi connectivity index (χ0v) is 17.4. The number of aryl methyl sites for hydroxylation is 3. The van der Waals surface area contributed by atoms with Crippen molar-refractivity contribution in [2.45, 2.75) is 20.8 Å². The van der Waals surface area contributed by atoms with Gasteiger partial charge < -0.3 is 0 Å². The van der Waals surface area contributed by atoms with Gasteiger partial charge in [-0.2, -0.15) is 5.10 Å². The van der Waals surface area contributed by atoms with Crippen molar-refractivity contribution in [2.75, 3.05) is 4.90 Å². The Labute approximate surface area is 177 Å². The van der Waals surface area contributed by atoms with E-state index in [2.05, 4.69) is 10.1 Å². The molecule has 0 unspecified atom stereocenters. The van der Waals surface area contributed by atoms with Crippen LogP contribution in [-0.4, -0.2) is 26.6 Å². The van der Waals surface area contributed by atoms with Crippen LogP contribution >= 0.6 is 11.6 Å². The van der Waals surface area contributed by atoms with E-state index in [0.717, 1.165) is 16.2 Å². The molecule has 0 bridgehead atoms. The molecule has 0 aliphatic carbocycles. The van der Waals surface area contributed by atoms with Crippen molar-refractivity contribution in [1.29, 1.82) is 0 Å². The monoisotopic (exact) mass is 416 g/mol. The number of aromatic nitrogens is 3. The summed E-state index contributed by atoms with van der Waals surface area (Å²) in [6.45, 7) is 5.90. The van der Waals surface area contributed by atoms with Crippen molar-refractivity contribution < 1.29 is 9.59 Å². The fourth-order valence-corrected chi connectivity index (χ4v) is 4.07. The van der Waals surface area contributed by atoms with Crippen molar-refractivity contribution in [3.63, 3.8) is 0 Å². The number of benzene rings is 2. The molecule has 3 heterocycles. The molecule has 1 aliphatic heterocycles. The lowest BCUT2D eigenvalue weighted by Gasteiger charge is -2.15. The minimum Gasteiger partial charge on any atom is -0.268 e. The molecular weight excluding hydrogens is 400 g/mol. The molecule has 6 nitrogen and oxygen atoms in total. The summed E-state index contributed by atoms with van der Waals surface area (Å²) in [5.74, 6) is -0.853. The molecule has 0 radical (unpaired) electrons. The maximum atomic E-state index is 13.4. The average molecular weight is 417 g/mol. The SMILES string of the molecule is Cc1ccc(-n2nc(C)c3c4c(cnc32)C(=O)N(c2ccccc2Cl)C4=O)cc1C. The summed E-state index contributed by atoms with van der Waals surface area (Å²) >= 11 is 6.26. The number of pyridine rings is 1. The van der Waals surface area contributed by atoms with E-state index >= 15 is 0 Å². The van der Waals surface area contributed by atoms with Crippen LogP contribution in [0.1, 0.15) is 37.5 Å². The maximum absolute atomic E-state index is 13.4. The van der Waals surface area contributed by atoms with Crippen molar-refractivity contribution in [1.82, 2.24) is 14.8 Å². The summed E-state index contributed by atoms with van der Waals surface area (Å²) in [5, 5.41) is 5.54. The summed E-state index contributed by atoms with van der Waals surface area (Å²) < 4.78 is 1.72. The number of anilines is 1. The van der Waals surface area contributed by atoms with Gasteiger partial charge in [-0.15, -0.1) is 0 Å². The second kappa shape index (κ2) is 6.50. The third kappa shape index (κ3) is 2.50. The van der Waals surface area contributed by atoms with Crippen LogP contribution in [-0.2, 0) is 0 Å². The number of carbonyl (C=O) groups excluding carboxylic acids is 2. The molecule has 0 spiro atoms. The van der Waals surface area contributed by atoms with Crippen molar-refractivity contribution in [2.24, 2.45) is 0 Å². The maximum Gasteiger partial charge on any atom is 0.267 e. The Morgan fingerprint density at radius 3 is 2.43 bits per heavy atom. The van der Waals surface area contributed by atoms with E-state index in [1.54, 1.807) is 28.9 Å². The van der Waals surface area contributed by atoms with Crippen molar-refractivity contribution in [3.05, 3.63) is 81.6 Å². The molecule has 2 aromatic heterocycles. The van der Waals surface area contributed by atoms with E-state index in [4.69, 9.17) is 11.6 Å². The number of amides is 2. The number of hydrogen-bond donors (Lipinski definition) is 0. The van der Waals surface area contributed by atoms with E-state index in [0.29, 0.717) is 33.0 Å². The van der Waals surface area contributed by atoms with Gasteiger partial charge in [-0.25, -0.2) is 14.6 Å². The number of rotatable bonds is 2. The molecule has 0 fully saturated rings. The van der Waals surface area contributed by atoms with Gasteiger partial charge in [0.1, 0.15) is 0 Å². The van der Waals surface area contributed by atoms with Gasteiger partial charge in [0.2, 0.25) is 0 Å². The fraction of sp³-hybridized carbons (Fsp3) is 0.130. The zero-order valence-electron chi connectivity index (χ0n) is 16.6. The minimum absolute atomic E-state index is 0.259. The first-order chi connectivity index (χ1) is 14.4. The number of fused-ring (bicyclic) bond motifs is 3. The van der Waals surface area contributed by atoms with Gasteiger partial charge in [0.05, 0.1) is 38.6 Å². The molecule has 7 heteroatoms. The molecule has 30 heavy (non-hydrogen) atoms. The van der Waals surface area contributed by atoms with Crippen LogP contribution in [0.3, 0.4) is 0 Å². The average Bonchev–Trinajstić information content (AvgIpc) is 3.19. The molecule has 0 atom stereocenters. The smallest absolute Gasteiger partial charge is 0.267 e. The second-order valence-electron chi connectivity index (χ2n) is 7.41. The largest absolute Gasteiger partial charge is 0.268 e. The molecule has 2 amide bonds. The second-order valence-corrected chi connectivity index (χ2v) is 7.82. The lowest BCUT2D eigenvalue weighted by atomic mass is 10.1. The summed E-state index contributed by atoms with van der Waals surface area (Å²) in [6, 6.07) is 12.8. The third-order valence-corrected chi connectivity index (χ3v) is 5.87. The van der Waals surface area contributed by atoms with Gasteiger partial charge in [0, 0.05) is 6.20 Å². The zero-order chi connectivity index (χ0) is 21.2. The first kappa shape index (κ1) is 18.5. The van der Waals surface area contributed by atoms with E-state index < -0.39 is 11.8 Å². The number of nitrogens with zero attached hydrogens (tertiary/aromatic N) is 4. The first-order valence-corrected chi connectivity index (χ1v) is 9.85. The van der Waals surface area contributed by atoms with Gasteiger partial charge in [-0.1, -0.05) is 29.8 Å². The first-order valence-electron chi connectivity index (χ1n) is 9.47. The van der Waals surface area contributed by atoms with Crippen LogP contribution < -0.4 is 4.90 Å². The molecule has 5 rings (SSSR count). The predicted molar refractivity (Wildman–Crippen MR) is 116 cm³/mol. The Bertz CT molecular complexity index is 1390. The number of para-hydroxylation sites is 1. The molecular formula is C23H17ClN4O2. The van der Waals surface area contributed by atoms with Crippen LogP contribution in [0.25, 0.3) is 16.7 Å². The van der Waals surface area contributed by atoms with Crippen LogP contribution in [0.4, 0.5) is 5.69 Å². The van der Waals surface area contributed by atoms with Crippen LogP contribution in [0.2, 0.25) is 5.02 Å². The van der Waals surface area contributed by atoms with Crippen molar-refractivity contribution >= 4 is 40.1 Å². The summed E-state index contributed by atoms with van der Waals surface area (Å²) in [7, 11) is 0. The van der Waals surface area contributed by atoms with Gasteiger partial charge in [0.15, 0.2) is 5.65 Å². The van der Waals surface area contributed by atoms with Crippen LogP contribution in [0, 0.1) is 20.8 Å².